The van der Waals surface area contributed by atoms with Gasteiger partial charge in [-0.05, 0) is 54.0 Å². The van der Waals surface area contributed by atoms with Gasteiger partial charge in [0, 0.05) is 50.3 Å². The number of nitrogens with zero attached hydrogens (tertiary/aromatic N) is 2. The van der Waals surface area contributed by atoms with E-state index in [2.05, 4.69) is 32.2 Å². The Bertz CT molecular complexity index is 1090. The number of hydroxylamine groups is 1. The number of furan rings is 1. The molecule has 3 aromatic rings. The quantitative estimate of drug-likeness (QED) is 0.467. The van der Waals surface area contributed by atoms with Crippen LogP contribution in [0.25, 0.3) is 17.0 Å². The highest BCUT2D eigenvalue weighted by atomic mass is 16.7. The first-order valence-corrected chi connectivity index (χ1v) is 10.1. The van der Waals surface area contributed by atoms with Gasteiger partial charge in [-0.2, -0.15) is 5.48 Å². The zero-order valence-corrected chi connectivity index (χ0v) is 17.2. The average Bonchev–Trinajstić information content (AvgIpc) is 3.40. The van der Waals surface area contributed by atoms with Crippen LogP contribution in [0.3, 0.4) is 0 Å². The molecule has 1 amide bonds. The molecule has 1 atom stereocenters. The largest absolute Gasteiger partial charge is 0.464 e. The zero-order chi connectivity index (χ0) is 21.6. The molecule has 0 aliphatic carbocycles. The van der Waals surface area contributed by atoms with Gasteiger partial charge in [-0.15, -0.1) is 0 Å². The third-order valence-electron chi connectivity index (χ3n) is 5.06. The van der Waals surface area contributed by atoms with Crippen molar-refractivity contribution in [3.63, 3.8) is 0 Å². The molecular weight excluding hydrogens is 396 g/mol. The molecule has 0 bridgehead atoms. The molecule has 0 saturated carbocycles. The summed E-state index contributed by atoms with van der Waals surface area (Å²) in [6.45, 7) is 4.09. The Morgan fingerprint density at radius 2 is 2.19 bits per heavy atom. The number of anilines is 1. The zero-order valence-electron chi connectivity index (χ0n) is 17.2. The standard InChI is InChI=1S/C23H24N4O4/c1-16(28)31-26-23(29)7-4-17-3-6-22(24-13-17)25-20-8-10-27(15-20)14-18-2-5-21-19(12-18)9-11-30-21/h2-7,9,11-13,20H,8,10,14-15H2,1H3,(H,24,25)(H,26,29)/b7-4+/t20-/m1/s1. The van der Waals surface area contributed by atoms with Crippen molar-refractivity contribution in [3.8, 4) is 0 Å². The second-order valence-electron chi connectivity index (χ2n) is 7.53. The summed E-state index contributed by atoms with van der Waals surface area (Å²) < 4.78 is 5.41. The van der Waals surface area contributed by atoms with Crippen LogP contribution in [0.15, 0.2) is 59.4 Å². The summed E-state index contributed by atoms with van der Waals surface area (Å²) in [5.74, 6) is -0.299. The molecule has 1 fully saturated rings. The van der Waals surface area contributed by atoms with Crippen molar-refractivity contribution in [2.75, 3.05) is 18.4 Å². The summed E-state index contributed by atoms with van der Waals surface area (Å²) in [7, 11) is 0. The highest BCUT2D eigenvalue weighted by Gasteiger charge is 2.22. The molecule has 1 aliphatic heterocycles. The molecule has 3 heterocycles. The van der Waals surface area contributed by atoms with E-state index < -0.39 is 11.9 Å². The summed E-state index contributed by atoms with van der Waals surface area (Å²) in [5.41, 5.74) is 4.99. The summed E-state index contributed by atoms with van der Waals surface area (Å²) in [4.78, 5) is 33.5. The van der Waals surface area contributed by atoms with Crippen LogP contribution in [-0.2, 0) is 21.0 Å². The summed E-state index contributed by atoms with van der Waals surface area (Å²) in [6, 6.07) is 12.4. The molecule has 4 rings (SSSR count). The van der Waals surface area contributed by atoms with Gasteiger partial charge in [0.05, 0.1) is 6.26 Å². The van der Waals surface area contributed by atoms with Crippen LogP contribution in [0.1, 0.15) is 24.5 Å². The number of pyridine rings is 1. The minimum atomic E-state index is -0.580. The summed E-state index contributed by atoms with van der Waals surface area (Å²) in [6.07, 6.45) is 7.33. The SMILES string of the molecule is CC(=O)ONC(=O)/C=C/c1ccc(N[C@@H]2CCN(Cc3ccc4occc4c3)C2)nc1. The molecule has 1 aliphatic rings. The first-order chi connectivity index (χ1) is 15.0. The lowest BCUT2D eigenvalue weighted by Gasteiger charge is -2.17. The van der Waals surface area contributed by atoms with Gasteiger partial charge in [-0.25, -0.2) is 4.98 Å². The highest BCUT2D eigenvalue weighted by Crippen LogP contribution is 2.21. The first-order valence-electron chi connectivity index (χ1n) is 10.1. The topological polar surface area (TPSA) is 96.7 Å². The molecule has 0 spiro atoms. The number of hydrogen-bond donors (Lipinski definition) is 2. The average molecular weight is 420 g/mol. The molecule has 1 saturated heterocycles. The predicted octanol–water partition coefficient (Wildman–Crippen LogP) is 3.12. The van der Waals surface area contributed by atoms with Crippen molar-refractivity contribution in [3.05, 3.63) is 66.1 Å². The number of nitrogens with one attached hydrogen (secondary N) is 2. The fourth-order valence-corrected chi connectivity index (χ4v) is 3.59. The predicted molar refractivity (Wildman–Crippen MR) is 117 cm³/mol. The molecule has 1 aromatic carbocycles. The Hall–Kier alpha value is -3.65. The van der Waals surface area contributed by atoms with Crippen molar-refractivity contribution in [1.29, 1.82) is 0 Å². The number of likely N-dealkylation sites (tertiary alicyclic amines) is 1. The van der Waals surface area contributed by atoms with E-state index in [9.17, 15) is 9.59 Å². The normalized spacial score (nSPS) is 16.6. The fourth-order valence-electron chi connectivity index (χ4n) is 3.59. The van der Waals surface area contributed by atoms with Gasteiger partial charge in [0.25, 0.3) is 5.91 Å². The number of fused-ring (bicyclic) bond motifs is 1. The lowest BCUT2D eigenvalue weighted by atomic mass is 10.1. The third kappa shape index (κ3) is 5.70. The van der Waals surface area contributed by atoms with Gasteiger partial charge in [-0.3, -0.25) is 14.5 Å². The van der Waals surface area contributed by atoms with Crippen LogP contribution in [0.2, 0.25) is 0 Å². The molecule has 2 aromatic heterocycles. The number of carbonyl (C=O) groups is 2. The van der Waals surface area contributed by atoms with Crippen LogP contribution >= 0.6 is 0 Å². The van der Waals surface area contributed by atoms with Crippen LogP contribution in [-0.4, -0.2) is 40.9 Å². The number of rotatable bonds is 6. The van der Waals surface area contributed by atoms with Crippen molar-refractivity contribution in [2.45, 2.75) is 25.9 Å². The van der Waals surface area contributed by atoms with Crippen LogP contribution in [0.4, 0.5) is 5.82 Å². The smallest absolute Gasteiger partial charge is 0.329 e. The maximum absolute atomic E-state index is 11.5. The maximum Gasteiger partial charge on any atom is 0.329 e. The van der Waals surface area contributed by atoms with E-state index >= 15 is 0 Å². The van der Waals surface area contributed by atoms with Crippen LogP contribution in [0, 0.1) is 0 Å². The number of amides is 1. The maximum atomic E-state index is 11.5. The van der Waals surface area contributed by atoms with Gasteiger partial charge in [0.1, 0.15) is 11.4 Å². The second-order valence-corrected chi connectivity index (χ2v) is 7.53. The van der Waals surface area contributed by atoms with E-state index in [-0.39, 0.29) is 0 Å². The van der Waals surface area contributed by atoms with E-state index in [4.69, 9.17) is 4.42 Å². The van der Waals surface area contributed by atoms with E-state index in [0.29, 0.717) is 6.04 Å². The molecule has 0 radical (unpaired) electrons. The van der Waals surface area contributed by atoms with E-state index in [1.54, 1.807) is 18.5 Å². The van der Waals surface area contributed by atoms with Crippen LogP contribution < -0.4 is 10.8 Å². The Labute approximate surface area is 179 Å². The van der Waals surface area contributed by atoms with E-state index in [1.165, 1.54) is 18.6 Å². The van der Waals surface area contributed by atoms with E-state index in [0.717, 1.165) is 48.4 Å². The first kappa shape index (κ1) is 20.6. The third-order valence-corrected chi connectivity index (χ3v) is 5.06. The molecule has 8 heteroatoms. The molecule has 31 heavy (non-hydrogen) atoms. The molecular formula is C23H24N4O4. The lowest BCUT2D eigenvalue weighted by Crippen LogP contribution is -2.26. The molecule has 0 unspecified atom stereocenters. The van der Waals surface area contributed by atoms with Crippen molar-refractivity contribution in [2.24, 2.45) is 0 Å². The number of aromatic nitrogens is 1. The molecule has 2 N–H and O–H groups in total. The van der Waals surface area contributed by atoms with Crippen molar-refractivity contribution in [1.82, 2.24) is 15.4 Å². The van der Waals surface area contributed by atoms with Gasteiger partial charge in [-0.1, -0.05) is 6.07 Å². The molecule has 8 nitrogen and oxygen atoms in total. The van der Waals surface area contributed by atoms with Crippen LogP contribution in [0.5, 0.6) is 0 Å². The van der Waals surface area contributed by atoms with E-state index in [1.807, 2.05) is 29.7 Å². The number of carbonyl (C=O) groups excluding carboxylic acids is 2. The van der Waals surface area contributed by atoms with Gasteiger partial charge >= 0.3 is 5.97 Å². The Morgan fingerprint density at radius 3 is 3.00 bits per heavy atom. The minimum Gasteiger partial charge on any atom is -0.464 e. The molecule has 160 valence electrons. The Balaban J connectivity index is 1.26. The monoisotopic (exact) mass is 420 g/mol. The second kappa shape index (κ2) is 9.44. The fraction of sp³-hybridized carbons (Fsp3) is 0.261. The van der Waals surface area contributed by atoms with Gasteiger partial charge in [0.15, 0.2) is 0 Å². The Kier molecular flexibility index (Phi) is 6.28. The highest BCUT2D eigenvalue weighted by molar-refractivity contribution is 5.91. The summed E-state index contributed by atoms with van der Waals surface area (Å²) >= 11 is 0. The Morgan fingerprint density at radius 1 is 1.29 bits per heavy atom. The summed E-state index contributed by atoms with van der Waals surface area (Å²) in [5, 5.41) is 4.61. The van der Waals surface area contributed by atoms with Crippen molar-refractivity contribution >= 4 is 34.7 Å². The van der Waals surface area contributed by atoms with Gasteiger partial charge in [0.2, 0.25) is 0 Å². The number of benzene rings is 1. The minimum absolute atomic E-state index is 0.334. The van der Waals surface area contributed by atoms with Crippen molar-refractivity contribution < 1.29 is 18.8 Å². The van der Waals surface area contributed by atoms with Gasteiger partial charge < -0.3 is 14.6 Å². The lowest BCUT2D eigenvalue weighted by molar-refractivity contribution is -0.154. The number of hydrogen-bond acceptors (Lipinski definition) is 7.